The predicted molar refractivity (Wildman–Crippen MR) is 148 cm³/mol. The van der Waals surface area contributed by atoms with E-state index in [1.54, 1.807) is 0 Å². The third-order valence-electron chi connectivity index (χ3n) is 7.82. The number of benzene rings is 4. The topological polar surface area (TPSA) is 159 Å². The van der Waals surface area contributed by atoms with Crippen LogP contribution in [-0.2, 0) is 17.0 Å². The monoisotopic (exact) mass is 684 g/mol. The van der Waals surface area contributed by atoms with Gasteiger partial charge < -0.3 is 14.2 Å². The van der Waals surface area contributed by atoms with Crippen LogP contribution in [-0.4, -0.2) is 18.5 Å². The molecule has 6 N–H and O–H groups in total. The first-order valence-corrected chi connectivity index (χ1v) is 13.9. The van der Waals surface area contributed by atoms with Crippen molar-refractivity contribution >= 4 is 0 Å². The molecule has 252 valence electrons. The van der Waals surface area contributed by atoms with E-state index in [4.69, 9.17) is 14.2 Å². The molecular formula is C30H21F9N6O3. The van der Waals surface area contributed by atoms with Crippen LogP contribution in [0.2, 0.25) is 0 Å². The fourth-order valence-corrected chi connectivity index (χ4v) is 4.99. The molecular weight excluding hydrogens is 663 g/mol. The van der Waals surface area contributed by atoms with Gasteiger partial charge in [-0.25, -0.2) is 32.6 Å². The largest absolute Gasteiger partial charge is 0.457 e. The molecule has 3 aliphatic heterocycles. The van der Waals surface area contributed by atoms with Gasteiger partial charge in [-0.3, -0.25) is 0 Å². The molecule has 48 heavy (non-hydrogen) atoms. The smallest absolute Gasteiger partial charge is 0.426 e. The van der Waals surface area contributed by atoms with Gasteiger partial charge in [0.1, 0.15) is 34.5 Å². The second-order valence-corrected chi connectivity index (χ2v) is 11.0. The Morgan fingerprint density at radius 3 is 0.708 bits per heavy atom. The number of halogens is 9. The Kier molecular flexibility index (Phi) is 7.13. The lowest BCUT2D eigenvalue weighted by atomic mass is 10.0. The molecule has 7 rings (SSSR count). The van der Waals surface area contributed by atoms with E-state index in [1.807, 2.05) is 0 Å². The molecule has 3 aliphatic rings. The van der Waals surface area contributed by atoms with Crippen molar-refractivity contribution in [1.29, 1.82) is 0 Å². The Balaban J connectivity index is 1.14. The molecule has 3 fully saturated rings. The van der Waals surface area contributed by atoms with Crippen LogP contribution in [0.15, 0.2) is 91.0 Å². The number of ether oxygens (including phenoxy) is 3. The van der Waals surface area contributed by atoms with Crippen molar-refractivity contribution in [1.82, 2.24) is 32.6 Å². The molecule has 0 amide bonds. The standard InChI is InChI=1S/C30H21F9N6O3/c31-28(32,33)25(40-41-25)16-1-7-19(8-2-16)46-22-13-23(47-20-9-3-17(4-10-20)26(42-43-26)29(34,35)36)15-24(14-22)48-21-11-5-18(6-12-21)27(44-45-27)30(37,38)39/h1-15,40-45H. The van der Waals surface area contributed by atoms with Gasteiger partial charge in [0.25, 0.3) is 0 Å². The highest BCUT2D eigenvalue weighted by Crippen LogP contribution is 2.45. The SMILES string of the molecule is FC(F)(F)C1(c2ccc(Oc3cc(Oc4ccc(C5(C(F)(F)F)NN5)cc4)cc(Oc4ccc(C5(C(F)(F)F)NN5)cc4)c3)cc2)NN1. The minimum Gasteiger partial charge on any atom is -0.457 e. The maximum absolute atomic E-state index is 13.5. The van der Waals surface area contributed by atoms with E-state index < -0.39 is 35.5 Å². The Morgan fingerprint density at radius 2 is 0.542 bits per heavy atom. The first-order valence-electron chi connectivity index (χ1n) is 13.9. The van der Waals surface area contributed by atoms with Crippen LogP contribution in [0.1, 0.15) is 16.7 Å². The molecule has 0 atom stereocenters. The van der Waals surface area contributed by atoms with Gasteiger partial charge in [-0.2, -0.15) is 39.5 Å². The Bertz CT molecular complexity index is 1590. The van der Waals surface area contributed by atoms with Crippen LogP contribution in [0, 0.1) is 0 Å². The van der Waals surface area contributed by atoms with Crippen LogP contribution in [0.3, 0.4) is 0 Å². The average Bonchev–Trinajstić information content (AvgIpc) is 3.87. The average molecular weight is 685 g/mol. The molecule has 0 unspecified atom stereocenters. The summed E-state index contributed by atoms with van der Waals surface area (Å²) in [5, 5.41) is 0. The van der Waals surface area contributed by atoms with E-state index in [0.29, 0.717) is 0 Å². The van der Waals surface area contributed by atoms with E-state index >= 15 is 0 Å². The van der Waals surface area contributed by atoms with Gasteiger partial charge in [0.2, 0.25) is 17.0 Å². The molecule has 0 saturated carbocycles. The molecule has 0 bridgehead atoms. The fourth-order valence-electron chi connectivity index (χ4n) is 4.99. The minimum atomic E-state index is -4.61. The van der Waals surface area contributed by atoms with Gasteiger partial charge in [-0.15, -0.1) is 0 Å². The van der Waals surface area contributed by atoms with E-state index in [2.05, 4.69) is 32.6 Å². The minimum absolute atomic E-state index is 0.0847. The maximum Gasteiger partial charge on any atom is 0.426 e. The van der Waals surface area contributed by atoms with Gasteiger partial charge in [0, 0.05) is 18.2 Å². The van der Waals surface area contributed by atoms with Gasteiger partial charge in [0.05, 0.1) is 0 Å². The summed E-state index contributed by atoms with van der Waals surface area (Å²) < 4.78 is 139. The van der Waals surface area contributed by atoms with Crippen molar-refractivity contribution in [2.24, 2.45) is 0 Å². The molecule has 3 saturated heterocycles. The van der Waals surface area contributed by atoms with Crippen LogP contribution in [0.25, 0.3) is 0 Å². The third kappa shape index (κ3) is 5.65. The second kappa shape index (κ2) is 10.7. The zero-order valence-electron chi connectivity index (χ0n) is 23.8. The number of hydrogen-bond acceptors (Lipinski definition) is 9. The van der Waals surface area contributed by atoms with Crippen molar-refractivity contribution in [3.8, 4) is 34.5 Å². The van der Waals surface area contributed by atoms with Gasteiger partial charge in [-0.05, 0) is 53.1 Å². The van der Waals surface area contributed by atoms with Crippen LogP contribution < -0.4 is 46.8 Å². The third-order valence-corrected chi connectivity index (χ3v) is 7.82. The summed E-state index contributed by atoms with van der Waals surface area (Å²) in [6, 6.07) is 19.3. The van der Waals surface area contributed by atoms with E-state index in [9.17, 15) is 39.5 Å². The summed E-state index contributed by atoms with van der Waals surface area (Å²) in [5.74, 6) is 0.663. The maximum atomic E-state index is 13.5. The van der Waals surface area contributed by atoms with Crippen LogP contribution >= 0.6 is 0 Å². The van der Waals surface area contributed by atoms with Gasteiger partial charge >= 0.3 is 18.5 Å². The lowest BCUT2D eigenvalue weighted by Gasteiger charge is -2.18. The molecule has 3 heterocycles. The summed E-state index contributed by atoms with van der Waals surface area (Å²) in [6.45, 7) is 0. The predicted octanol–water partition coefficient (Wildman–Crippen LogP) is 6.53. The number of rotatable bonds is 9. The van der Waals surface area contributed by atoms with Crippen molar-refractivity contribution < 1.29 is 53.7 Å². The van der Waals surface area contributed by atoms with Crippen molar-refractivity contribution in [3.05, 3.63) is 108 Å². The highest BCUT2D eigenvalue weighted by atomic mass is 19.4. The summed E-state index contributed by atoms with van der Waals surface area (Å²) in [5.41, 5.74) is 5.19. The Labute approximate surface area is 264 Å². The number of hydrazine groups is 3. The lowest BCUT2D eigenvalue weighted by Crippen LogP contribution is -2.34. The summed E-state index contributed by atoms with van der Waals surface area (Å²) in [6.07, 6.45) is -13.8. The van der Waals surface area contributed by atoms with E-state index in [0.717, 1.165) is 0 Å². The summed E-state index contributed by atoms with van der Waals surface area (Å²) >= 11 is 0. The zero-order valence-corrected chi connectivity index (χ0v) is 23.8. The van der Waals surface area contributed by atoms with E-state index in [1.165, 1.54) is 91.0 Å². The van der Waals surface area contributed by atoms with E-state index in [-0.39, 0.29) is 51.2 Å². The van der Waals surface area contributed by atoms with Crippen molar-refractivity contribution in [2.75, 3.05) is 0 Å². The lowest BCUT2D eigenvalue weighted by molar-refractivity contribution is -0.166. The Hall–Kier alpha value is -4.59. The number of hydrogen-bond donors (Lipinski definition) is 6. The molecule has 0 radical (unpaired) electrons. The highest BCUT2D eigenvalue weighted by molar-refractivity contribution is 5.48. The van der Waals surface area contributed by atoms with Crippen LogP contribution in [0.4, 0.5) is 39.5 Å². The summed E-state index contributed by atoms with van der Waals surface area (Å²) in [4.78, 5) is 0. The number of alkyl halides is 9. The molecule has 18 heteroatoms. The quantitative estimate of drug-likeness (QED) is 0.0851. The van der Waals surface area contributed by atoms with Gasteiger partial charge in [0.15, 0.2) is 0 Å². The first kappa shape index (κ1) is 32.0. The molecule has 4 aromatic rings. The fraction of sp³-hybridized carbons (Fsp3) is 0.200. The van der Waals surface area contributed by atoms with Crippen molar-refractivity contribution in [2.45, 2.75) is 35.5 Å². The molecule has 9 nitrogen and oxygen atoms in total. The normalized spacial score (nSPS) is 18.9. The summed E-state index contributed by atoms with van der Waals surface area (Å²) in [7, 11) is 0. The number of nitrogens with one attached hydrogen (secondary N) is 6. The van der Waals surface area contributed by atoms with Crippen molar-refractivity contribution in [3.63, 3.8) is 0 Å². The molecule has 0 aliphatic carbocycles. The first-order chi connectivity index (χ1) is 22.5. The van der Waals surface area contributed by atoms with Crippen LogP contribution in [0.5, 0.6) is 34.5 Å². The molecule has 0 aromatic heterocycles. The van der Waals surface area contributed by atoms with Gasteiger partial charge in [-0.1, -0.05) is 36.4 Å². The highest BCUT2D eigenvalue weighted by Gasteiger charge is 2.66. The Morgan fingerprint density at radius 1 is 0.333 bits per heavy atom. The molecule has 0 spiro atoms. The molecule has 4 aromatic carbocycles. The second-order valence-electron chi connectivity index (χ2n) is 11.0. The zero-order chi connectivity index (χ0) is 34.2.